The normalized spacial score (nSPS) is 24.2. The fraction of sp³-hybridized carbons (Fsp3) is 0.579. The minimum atomic E-state index is -0.177. The van der Waals surface area contributed by atoms with Gasteiger partial charge < -0.3 is 14.7 Å². The van der Waals surface area contributed by atoms with Gasteiger partial charge in [0.1, 0.15) is 0 Å². The maximum Gasteiger partial charge on any atom is 0.228 e. The number of likely N-dealkylation sites (N-methyl/N-ethyl adjacent to an activating group) is 1. The van der Waals surface area contributed by atoms with Crippen LogP contribution in [0.5, 0.6) is 0 Å². The van der Waals surface area contributed by atoms with E-state index in [1.54, 1.807) is 0 Å². The zero-order valence-electron chi connectivity index (χ0n) is 14.6. The van der Waals surface area contributed by atoms with Gasteiger partial charge in [-0.15, -0.1) is 0 Å². The average Bonchev–Trinajstić information content (AvgIpc) is 3.20. The summed E-state index contributed by atoms with van der Waals surface area (Å²) in [6.45, 7) is 2.92. The Labute approximate surface area is 144 Å². The Hall–Kier alpha value is -1.88. The van der Waals surface area contributed by atoms with Crippen molar-refractivity contribution in [3.63, 3.8) is 0 Å². The van der Waals surface area contributed by atoms with Crippen LogP contribution in [-0.2, 0) is 9.59 Å². The molecule has 2 heterocycles. The lowest BCUT2D eigenvalue weighted by atomic mass is 10.0. The molecule has 2 atom stereocenters. The Morgan fingerprint density at radius 3 is 2.71 bits per heavy atom. The lowest BCUT2D eigenvalue weighted by Crippen LogP contribution is -2.38. The Balaban J connectivity index is 1.65. The molecule has 130 valence electrons. The van der Waals surface area contributed by atoms with E-state index in [4.69, 9.17) is 0 Å². The van der Waals surface area contributed by atoms with Crippen LogP contribution in [0.2, 0.25) is 0 Å². The van der Waals surface area contributed by atoms with Gasteiger partial charge in [-0.25, -0.2) is 0 Å². The van der Waals surface area contributed by atoms with Gasteiger partial charge in [-0.2, -0.15) is 0 Å². The molecule has 2 saturated heterocycles. The molecule has 0 unspecified atom stereocenters. The van der Waals surface area contributed by atoms with Gasteiger partial charge in [-0.3, -0.25) is 9.59 Å². The Bertz CT molecular complexity index is 588. The molecule has 0 saturated carbocycles. The highest BCUT2D eigenvalue weighted by Gasteiger charge is 2.39. The number of likely N-dealkylation sites (tertiary alicyclic amines) is 2. The molecule has 5 nitrogen and oxygen atoms in total. The van der Waals surface area contributed by atoms with Crippen molar-refractivity contribution in [2.24, 2.45) is 5.92 Å². The zero-order chi connectivity index (χ0) is 17.1. The minimum Gasteiger partial charge on any atom is -0.341 e. The van der Waals surface area contributed by atoms with E-state index >= 15 is 0 Å². The lowest BCUT2D eigenvalue weighted by Gasteiger charge is -2.27. The molecule has 2 aliphatic heterocycles. The third-order valence-electron chi connectivity index (χ3n) is 5.10. The van der Waals surface area contributed by atoms with Crippen molar-refractivity contribution in [3.05, 3.63) is 35.9 Å². The Morgan fingerprint density at radius 1 is 1.25 bits per heavy atom. The summed E-state index contributed by atoms with van der Waals surface area (Å²) in [5, 5.41) is 0. The number of nitrogens with zero attached hydrogens (tertiary/aromatic N) is 3. The van der Waals surface area contributed by atoms with Crippen molar-refractivity contribution in [1.29, 1.82) is 0 Å². The molecular formula is C19H27N3O2. The standard InChI is InChI=1S/C19H27N3O2/c1-20(2)11-12-21-14-16(13-18(21)23)19(24)22-10-6-9-17(22)15-7-4-3-5-8-15/h3-5,7-8,16-17H,6,9-14H2,1-2H3/t16-,17-/m1/s1. The summed E-state index contributed by atoms with van der Waals surface area (Å²) in [6, 6.07) is 10.4. The van der Waals surface area contributed by atoms with Gasteiger partial charge in [0.05, 0.1) is 12.0 Å². The van der Waals surface area contributed by atoms with E-state index in [1.165, 1.54) is 5.56 Å². The van der Waals surface area contributed by atoms with Crippen LogP contribution in [0.1, 0.15) is 30.9 Å². The zero-order valence-corrected chi connectivity index (χ0v) is 14.6. The van der Waals surface area contributed by atoms with Crippen molar-refractivity contribution < 1.29 is 9.59 Å². The number of carbonyl (C=O) groups excluding carboxylic acids is 2. The second-order valence-corrected chi connectivity index (χ2v) is 7.14. The van der Waals surface area contributed by atoms with Crippen LogP contribution >= 0.6 is 0 Å². The molecular weight excluding hydrogens is 302 g/mol. The minimum absolute atomic E-state index is 0.116. The lowest BCUT2D eigenvalue weighted by molar-refractivity contribution is -0.136. The molecule has 24 heavy (non-hydrogen) atoms. The third-order valence-corrected chi connectivity index (χ3v) is 5.10. The van der Waals surface area contributed by atoms with E-state index in [0.717, 1.165) is 25.9 Å². The number of hydrogen-bond acceptors (Lipinski definition) is 3. The molecule has 0 bridgehead atoms. The van der Waals surface area contributed by atoms with Crippen LogP contribution in [0, 0.1) is 5.92 Å². The molecule has 0 aliphatic carbocycles. The quantitative estimate of drug-likeness (QED) is 0.827. The Kier molecular flexibility index (Phi) is 5.19. The second-order valence-electron chi connectivity index (χ2n) is 7.14. The monoisotopic (exact) mass is 329 g/mol. The van der Waals surface area contributed by atoms with Crippen molar-refractivity contribution in [2.75, 3.05) is 40.3 Å². The smallest absolute Gasteiger partial charge is 0.228 e. The van der Waals surface area contributed by atoms with Gasteiger partial charge in [-0.05, 0) is 32.5 Å². The summed E-state index contributed by atoms with van der Waals surface area (Å²) < 4.78 is 0. The van der Waals surface area contributed by atoms with E-state index in [9.17, 15) is 9.59 Å². The molecule has 0 radical (unpaired) electrons. The highest BCUT2D eigenvalue weighted by molar-refractivity contribution is 5.89. The number of amides is 2. The molecule has 2 fully saturated rings. The molecule has 0 spiro atoms. The van der Waals surface area contributed by atoms with E-state index in [2.05, 4.69) is 17.0 Å². The van der Waals surface area contributed by atoms with E-state index in [1.807, 2.05) is 42.1 Å². The van der Waals surface area contributed by atoms with Gasteiger partial charge in [0.2, 0.25) is 11.8 Å². The third kappa shape index (κ3) is 3.61. The molecule has 1 aromatic carbocycles. The van der Waals surface area contributed by atoms with Crippen molar-refractivity contribution >= 4 is 11.8 Å². The van der Waals surface area contributed by atoms with Crippen molar-refractivity contribution in [3.8, 4) is 0 Å². The first kappa shape index (κ1) is 17.0. The summed E-state index contributed by atoms with van der Waals surface area (Å²) in [5.74, 6) is 0.0942. The van der Waals surface area contributed by atoms with E-state index in [0.29, 0.717) is 19.5 Å². The molecule has 0 N–H and O–H groups in total. The second kappa shape index (κ2) is 7.34. The van der Waals surface area contributed by atoms with Crippen LogP contribution in [0.4, 0.5) is 0 Å². The van der Waals surface area contributed by atoms with E-state index < -0.39 is 0 Å². The molecule has 0 aromatic heterocycles. The van der Waals surface area contributed by atoms with Crippen LogP contribution < -0.4 is 0 Å². The van der Waals surface area contributed by atoms with Gasteiger partial charge in [-0.1, -0.05) is 30.3 Å². The molecule has 2 amide bonds. The van der Waals surface area contributed by atoms with Crippen LogP contribution in [0.15, 0.2) is 30.3 Å². The maximum absolute atomic E-state index is 13.0. The number of carbonyl (C=O) groups is 2. The number of rotatable bonds is 5. The topological polar surface area (TPSA) is 43.9 Å². The molecule has 5 heteroatoms. The predicted molar refractivity (Wildman–Crippen MR) is 93.4 cm³/mol. The first-order valence-electron chi connectivity index (χ1n) is 8.84. The van der Waals surface area contributed by atoms with Gasteiger partial charge in [0, 0.05) is 32.6 Å². The fourth-order valence-electron chi connectivity index (χ4n) is 3.76. The highest BCUT2D eigenvalue weighted by atomic mass is 16.2. The summed E-state index contributed by atoms with van der Waals surface area (Å²) in [4.78, 5) is 31.1. The summed E-state index contributed by atoms with van der Waals surface area (Å²) in [6.07, 6.45) is 2.42. The summed E-state index contributed by atoms with van der Waals surface area (Å²) in [5.41, 5.74) is 1.21. The van der Waals surface area contributed by atoms with Gasteiger partial charge in [0.15, 0.2) is 0 Å². The largest absolute Gasteiger partial charge is 0.341 e. The van der Waals surface area contributed by atoms with Crippen LogP contribution in [0.25, 0.3) is 0 Å². The van der Waals surface area contributed by atoms with Gasteiger partial charge in [0.25, 0.3) is 0 Å². The molecule has 1 aromatic rings. The summed E-state index contributed by atoms with van der Waals surface area (Å²) in [7, 11) is 4.00. The first-order chi connectivity index (χ1) is 11.6. The predicted octanol–water partition coefficient (Wildman–Crippen LogP) is 1.76. The van der Waals surface area contributed by atoms with Crippen LogP contribution in [-0.4, -0.2) is 66.8 Å². The number of benzene rings is 1. The average molecular weight is 329 g/mol. The Morgan fingerprint density at radius 2 is 2.00 bits per heavy atom. The van der Waals surface area contributed by atoms with Crippen molar-refractivity contribution in [1.82, 2.24) is 14.7 Å². The SMILES string of the molecule is CN(C)CCN1C[C@H](C(=O)N2CCC[C@@H]2c2ccccc2)CC1=O. The maximum atomic E-state index is 13.0. The number of hydrogen-bond donors (Lipinski definition) is 0. The molecule has 3 rings (SSSR count). The fourth-order valence-corrected chi connectivity index (χ4v) is 3.76. The molecule has 2 aliphatic rings. The van der Waals surface area contributed by atoms with E-state index in [-0.39, 0.29) is 23.8 Å². The summed E-state index contributed by atoms with van der Waals surface area (Å²) >= 11 is 0. The van der Waals surface area contributed by atoms with Crippen molar-refractivity contribution in [2.45, 2.75) is 25.3 Å². The van der Waals surface area contributed by atoms with Crippen LogP contribution in [0.3, 0.4) is 0 Å². The highest BCUT2D eigenvalue weighted by Crippen LogP contribution is 2.34. The van der Waals surface area contributed by atoms with Gasteiger partial charge >= 0.3 is 0 Å². The first-order valence-corrected chi connectivity index (χ1v) is 8.84.